The molecule has 3 heterocycles. The number of para-hydroxylation sites is 4. The zero-order valence-corrected chi connectivity index (χ0v) is 28.7. The van der Waals surface area contributed by atoms with E-state index in [4.69, 9.17) is 4.74 Å². The Morgan fingerprint density at radius 1 is 0.440 bits per heavy atom. The highest BCUT2D eigenvalue weighted by Crippen LogP contribution is 2.54. The molecule has 0 fully saturated rings. The number of rotatable bonds is 4. The fraction of sp³-hybridized carbons (Fsp3) is 0.130. The molecule has 9 rings (SSSR count). The minimum absolute atomic E-state index is 0.220. The first-order valence-corrected chi connectivity index (χ1v) is 17.2. The summed E-state index contributed by atoms with van der Waals surface area (Å²) < 4.78 is 6.33. The summed E-state index contributed by atoms with van der Waals surface area (Å²) in [5.41, 5.74) is 15.0. The van der Waals surface area contributed by atoms with Crippen molar-refractivity contribution in [1.29, 1.82) is 0 Å². The molecule has 0 saturated heterocycles. The van der Waals surface area contributed by atoms with Crippen molar-refractivity contribution in [3.63, 3.8) is 0 Å². The molecule has 50 heavy (non-hydrogen) atoms. The van der Waals surface area contributed by atoms with E-state index < -0.39 is 0 Å². The van der Waals surface area contributed by atoms with E-state index in [-0.39, 0.29) is 10.8 Å². The van der Waals surface area contributed by atoms with Gasteiger partial charge in [-0.25, -0.2) is 0 Å². The molecule has 0 spiro atoms. The second kappa shape index (κ2) is 11.3. The third-order valence-corrected chi connectivity index (χ3v) is 10.7. The monoisotopic (exact) mass is 647 g/mol. The Balaban J connectivity index is 1.17. The molecule has 4 nitrogen and oxygen atoms in total. The number of benzene rings is 5. The van der Waals surface area contributed by atoms with Gasteiger partial charge in [0, 0.05) is 52.4 Å². The predicted molar refractivity (Wildman–Crippen MR) is 204 cm³/mol. The SMILES string of the molecule is CC1(C)c2ccc(N3c4ccccc4Oc4ccccc43)cc2C(C)(C)c2ccc(-c3cc(-c4cccnc4)cc(-c4cccnc4)c3)cc21. The van der Waals surface area contributed by atoms with Crippen LogP contribution in [-0.4, -0.2) is 9.97 Å². The maximum atomic E-state index is 6.33. The summed E-state index contributed by atoms with van der Waals surface area (Å²) in [4.78, 5) is 11.2. The molecule has 242 valence electrons. The van der Waals surface area contributed by atoms with Crippen molar-refractivity contribution in [3.05, 3.63) is 174 Å². The van der Waals surface area contributed by atoms with E-state index in [0.717, 1.165) is 50.8 Å². The van der Waals surface area contributed by atoms with Gasteiger partial charge < -0.3 is 9.64 Å². The van der Waals surface area contributed by atoms with Crippen molar-refractivity contribution in [2.45, 2.75) is 38.5 Å². The smallest absolute Gasteiger partial charge is 0.151 e. The topological polar surface area (TPSA) is 38.2 Å². The van der Waals surface area contributed by atoms with Crippen LogP contribution in [0.4, 0.5) is 17.1 Å². The number of fused-ring (bicyclic) bond motifs is 4. The van der Waals surface area contributed by atoms with Gasteiger partial charge in [-0.1, -0.05) is 82.3 Å². The molecule has 1 aliphatic carbocycles. The largest absolute Gasteiger partial charge is 0.453 e. The maximum Gasteiger partial charge on any atom is 0.151 e. The highest BCUT2D eigenvalue weighted by Gasteiger charge is 2.42. The Kier molecular flexibility index (Phi) is 6.79. The van der Waals surface area contributed by atoms with Crippen LogP contribution in [0.25, 0.3) is 33.4 Å². The summed E-state index contributed by atoms with van der Waals surface area (Å²) in [5, 5.41) is 0. The van der Waals surface area contributed by atoms with Gasteiger partial charge in [-0.2, -0.15) is 0 Å². The average molecular weight is 648 g/mol. The molecular formula is C46H37N3O. The summed E-state index contributed by atoms with van der Waals surface area (Å²) in [5.74, 6) is 1.72. The zero-order chi connectivity index (χ0) is 34.0. The number of nitrogens with zero attached hydrogens (tertiary/aromatic N) is 3. The molecule has 1 aliphatic heterocycles. The number of hydrogen-bond acceptors (Lipinski definition) is 4. The third-order valence-electron chi connectivity index (χ3n) is 10.7. The summed E-state index contributed by atoms with van der Waals surface area (Å²) in [6.07, 6.45) is 7.51. The zero-order valence-electron chi connectivity index (χ0n) is 28.7. The fourth-order valence-corrected chi connectivity index (χ4v) is 7.99. The van der Waals surface area contributed by atoms with E-state index in [9.17, 15) is 0 Å². The Morgan fingerprint density at radius 3 is 1.48 bits per heavy atom. The highest BCUT2D eigenvalue weighted by atomic mass is 16.5. The van der Waals surface area contributed by atoms with E-state index in [1.54, 1.807) is 0 Å². The van der Waals surface area contributed by atoms with Crippen LogP contribution in [0.3, 0.4) is 0 Å². The van der Waals surface area contributed by atoms with Crippen LogP contribution in [0.5, 0.6) is 11.5 Å². The van der Waals surface area contributed by atoms with Crippen LogP contribution in [0.1, 0.15) is 49.9 Å². The fourth-order valence-electron chi connectivity index (χ4n) is 7.99. The van der Waals surface area contributed by atoms with Gasteiger partial charge in [0.1, 0.15) is 0 Å². The first-order chi connectivity index (χ1) is 24.3. The molecule has 0 atom stereocenters. The van der Waals surface area contributed by atoms with Crippen molar-refractivity contribution in [2.24, 2.45) is 0 Å². The number of anilines is 3. The first-order valence-electron chi connectivity index (χ1n) is 17.2. The Hall–Kier alpha value is -6.00. The molecule has 7 aromatic rings. The molecule has 0 N–H and O–H groups in total. The number of aromatic nitrogens is 2. The van der Waals surface area contributed by atoms with E-state index in [0.29, 0.717) is 0 Å². The summed E-state index contributed by atoms with van der Waals surface area (Å²) in [7, 11) is 0. The lowest BCUT2D eigenvalue weighted by molar-refractivity contribution is 0.477. The van der Waals surface area contributed by atoms with Crippen LogP contribution < -0.4 is 9.64 Å². The molecule has 0 amide bonds. The molecule has 2 aromatic heterocycles. The van der Waals surface area contributed by atoms with E-state index in [2.05, 4.69) is 134 Å². The highest BCUT2D eigenvalue weighted by molar-refractivity contribution is 5.87. The van der Waals surface area contributed by atoms with Crippen molar-refractivity contribution in [2.75, 3.05) is 4.90 Å². The van der Waals surface area contributed by atoms with E-state index in [1.165, 1.54) is 33.4 Å². The second-order valence-electron chi connectivity index (χ2n) is 14.4. The van der Waals surface area contributed by atoms with Crippen molar-refractivity contribution in [3.8, 4) is 44.9 Å². The van der Waals surface area contributed by atoms with Crippen molar-refractivity contribution in [1.82, 2.24) is 9.97 Å². The van der Waals surface area contributed by atoms with Gasteiger partial charge in [0.25, 0.3) is 0 Å². The number of hydrogen-bond donors (Lipinski definition) is 0. The van der Waals surface area contributed by atoms with Crippen molar-refractivity contribution < 1.29 is 4.74 Å². The van der Waals surface area contributed by atoms with Crippen LogP contribution in [0.2, 0.25) is 0 Å². The molecule has 4 heteroatoms. The molecule has 5 aromatic carbocycles. The Labute approximate surface area is 293 Å². The van der Waals surface area contributed by atoms with Crippen LogP contribution in [0.15, 0.2) is 152 Å². The van der Waals surface area contributed by atoms with Gasteiger partial charge in [-0.15, -0.1) is 0 Å². The average Bonchev–Trinajstić information content (AvgIpc) is 3.16. The summed E-state index contributed by atoms with van der Waals surface area (Å²) >= 11 is 0. The lowest BCUT2D eigenvalue weighted by Gasteiger charge is -2.45. The quantitative estimate of drug-likeness (QED) is 0.191. The van der Waals surface area contributed by atoms with Gasteiger partial charge >= 0.3 is 0 Å². The molecular weight excluding hydrogens is 611 g/mol. The molecule has 2 aliphatic rings. The summed E-state index contributed by atoms with van der Waals surface area (Å²) in [6.45, 7) is 9.48. The maximum absolute atomic E-state index is 6.33. The minimum atomic E-state index is -0.224. The lowest BCUT2D eigenvalue weighted by Crippen LogP contribution is -2.36. The molecule has 0 radical (unpaired) electrons. The van der Waals surface area contributed by atoms with Crippen molar-refractivity contribution >= 4 is 17.1 Å². The van der Waals surface area contributed by atoms with Gasteiger partial charge in [0.2, 0.25) is 0 Å². The number of pyridine rings is 2. The normalized spacial score (nSPS) is 14.8. The Bertz CT molecular complexity index is 2310. The molecule has 0 bridgehead atoms. The van der Waals surface area contributed by atoms with Gasteiger partial charge in [-0.3, -0.25) is 9.97 Å². The van der Waals surface area contributed by atoms with Gasteiger partial charge in [-0.05, 0) is 117 Å². The minimum Gasteiger partial charge on any atom is -0.453 e. The molecule has 0 unspecified atom stereocenters. The van der Waals surface area contributed by atoms with Gasteiger partial charge in [0.15, 0.2) is 11.5 Å². The second-order valence-corrected chi connectivity index (χ2v) is 14.4. The lowest BCUT2D eigenvalue weighted by atomic mass is 9.59. The number of ether oxygens (including phenoxy) is 1. The first kappa shape index (κ1) is 30.1. The Morgan fingerprint density at radius 2 is 0.940 bits per heavy atom. The van der Waals surface area contributed by atoms with Crippen LogP contribution in [0, 0.1) is 0 Å². The third kappa shape index (κ3) is 4.74. The van der Waals surface area contributed by atoms with Gasteiger partial charge in [0.05, 0.1) is 11.4 Å². The van der Waals surface area contributed by atoms with Crippen LogP contribution in [-0.2, 0) is 10.8 Å². The predicted octanol–water partition coefficient (Wildman–Crippen LogP) is 12.0. The standard InChI is InChI=1S/C46H37N3O/c1-45(2)38-20-18-36(49-41-13-5-7-15-43(41)50-44-16-8-6-14-42(44)49)27-40(38)46(3,4)37-19-17-30(26-39(37)45)33-23-34(31-11-9-21-47-28-31)25-35(24-33)32-12-10-22-48-29-32/h5-29H,1-4H3. The van der Waals surface area contributed by atoms with Crippen LogP contribution >= 0.6 is 0 Å². The molecule has 0 saturated carbocycles. The van der Waals surface area contributed by atoms with E-state index >= 15 is 0 Å². The van der Waals surface area contributed by atoms with E-state index in [1.807, 2.05) is 61.2 Å². The summed E-state index contributed by atoms with van der Waals surface area (Å²) in [6, 6.07) is 45.8.